The number of hydrogen-bond acceptors (Lipinski definition) is 5. The van der Waals surface area contributed by atoms with Gasteiger partial charge in [0.25, 0.3) is 0 Å². The van der Waals surface area contributed by atoms with E-state index in [1.807, 2.05) is 9.97 Å². The molecule has 0 amide bonds. The highest BCUT2D eigenvalue weighted by atomic mass is 32.1. The molecule has 1 aromatic rings. The van der Waals surface area contributed by atoms with E-state index < -0.39 is 22.3 Å². The van der Waals surface area contributed by atoms with Crippen molar-refractivity contribution in [2.45, 2.75) is 25.1 Å². The van der Waals surface area contributed by atoms with Gasteiger partial charge in [0.15, 0.2) is 0 Å². The SMILES string of the molecule is CC(=O)C(S)CCn1c(=O)[nH]c(=O)[nH]c1=O. The molecule has 88 valence electrons. The second-order valence-corrected chi connectivity index (χ2v) is 3.88. The molecular weight excluding hydrogens is 234 g/mol. The number of hydrogen-bond donors (Lipinski definition) is 3. The Labute approximate surface area is 94.9 Å². The average molecular weight is 245 g/mol. The lowest BCUT2D eigenvalue weighted by atomic mass is 10.2. The molecule has 1 unspecified atom stereocenters. The normalized spacial score (nSPS) is 12.4. The predicted octanol–water partition coefficient (Wildman–Crippen LogP) is -1.50. The predicted molar refractivity (Wildman–Crippen MR) is 60.0 cm³/mol. The summed E-state index contributed by atoms with van der Waals surface area (Å²) in [7, 11) is 0. The van der Waals surface area contributed by atoms with Crippen LogP contribution in [-0.4, -0.2) is 25.6 Å². The molecule has 0 saturated heterocycles. The van der Waals surface area contributed by atoms with Crippen LogP contribution in [0.4, 0.5) is 0 Å². The first-order chi connectivity index (χ1) is 7.41. The highest BCUT2D eigenvalue weighted by molar-refractivity contribution is 7.81. The second-order valence-electron chi connectivity index (χ2n) is 3.26. The third-order valence-electron chi connectivity index (χ3n) is 2.03. The Morgan fingerprint density at radius 3 is 2.25 bits per heavy atom. The summed E-state index contributed by atoms with van der Waals surface area (Å²) in [5.74, 6) is -0.141. The van der Waals surface area contributed by atoms with E-state index in [2.05, 4.69) is 12.6 Å². The van der Waals surface area contributed by atoms with E-state index in [1.165, 1.54) is 6.92 Å². The maximum atomic E-state index is 11.2. The topological polar surface area (TPSA) is 105 Å². The van der Waals surface area contributed by atoms with Gasteiger partial charge in [-0.15, -0.1) is 0 Å². The van der Waals surface area contributed by atoms with E-state index in [9.17, 15) is 19.2 Å². The standard InChI is InChI=1S/C8H11N3O4S/c1-4(12)5(16)2-3-11-7(14)9-6(13)10-8(11)15/h5,16H,2-3H2,1H3,(H2,9,10,13,14,15). The molecule has 0 aliphatic heterocycles. The molecule has 0 aliphatic carbocycles. The van der Waals surface area contributed by atoms with Gasteiger partial charge in [-0.3, -0.25) is 14.8 Å². The van der Waals surface area contributed by atoms with Crippen LogP contribution in [0.15, 0.2) is 14.4 Å². The van der Waals surface area contributed by atoms with Gasteiger partial charge in [-0.2, -0.15) is 12.6 Å². The van der Waals surface area contributed by atoms with Crippen LogP contribution in [-0.2, 0) is 11.3 Å². The Morgan fingerprint density at radius 2 is 1.81 bits per heavy atom. The first kappa shape index (κ1) is 12.5. The Hall–Kier alpha value is -1.57. The number of H-pyrrole nitrogens is 2. The number of thiol groups is 1. The number of carbonyl (C=O) groups is 1. The number of ketones is 1. The van der Waals surface area contributed by atoms with Crippen LogP contribution in [0.25, 0.3) is 0 Å². The van der Waals surface area contributed by atoms with Gasteiger partial charge in [0.1, 0.15) is 5.78 Å². The number of carbonyl (C=O) groups excluding carboxylic acids is 1. The third-order valence-corrected chi connectivity index (χ3v) is 2.65. The molecule has 0 aliphatic rings. The number of nitrogens with zero attached hydrogens (tertiary/aromatic N) is 1. The zero-order valence-corrected chi connectivity index (χ0v) is 9.41. The van der Waals surface area contributed by atoms with Gasteiger partial charge in [-0.1, -0.05) is 0 Å². The van der Waals surface area contributed by atoms with Crippen LogP contribution in [0.5, 0.6) is 0 Å². The van der Waals surface area contributed by atoms with Crippen molar-refractivity contribution in [3.05, 3.63) is 31.5 Å². The Balaban J connectivity index is 2.91. The summed E-state index contributed by atoms with van der Waals surface area (Å²) in [6.45, 7) is 1.40. The molecule has 1 heterocycles. The molecule has 0 saturated carbocycles. The monoisotopic (exact) mass is 245 g/mol. The molecule has 8 heteroatoms. The Bertz CT molecular complexity index is 521. The minimum absolute atomic E-state index is 0.0265. The zero-order chi connectivity index (χ0) is 12.3. The summed E-state index contributed by atoms with van der Waals surface area (Å²) in [4.78, 5) is 47.9. The largest absolute Gasteiger partial charge is 0.333 e. The highest BCUT2D eigenvalue weighted by Gasteiger charge is 2.10. The van der Waals surface area contributed by atoms with Crippen LogP contribution in [0, 0.1) is 0 Å². The maximum Gasteiger partial charge on any atom is 0.333 e. The summed E-state index contributed by atoms with van der Waals surface area (Å²) in [5.41, 5.74) is -2.43. The molecule has 0 aromatic carbocycles. The average Bonchev–Trinajstić information content (AvgIpc) is 2.15. The number of Topliss-reactive ketones (excluding diaryl/α,β-unsaturated/α-hetero) is 1. The Kier molecular flexibility index (Phi) is 3.88. The molecule has 1 aromatic heterocycles. The molecule has 2 N–H and O–H groups in total. The highest BCUT2D eigenvalue weighted by Crippen LogP contribution is 2.02. The maximum absolute atomic E-state index is 11.2. The van der Waals surface area contributed by atoms with E-state index in [-0.39, 0.29) is 18.7 Å². The van der Waals surface area contributed by atoms with E-state index in [4.69, 9.17) is 0 Å². The number of nitrogens with one attached hydrogen (secondary N) is 2. The first-order valence-electron chi connectivity index (χ1n) is 4.54. The fourth-order valence-electron chi connectivity index (χ4n) is 1.11. The van der Waals surface area contributed by atoms with Crippen molar-refractivity contribution in [1.82, 2.24) is 14.5 Å². The summed E-state index contributed by atoms with van der Waals surface area (Å²) in [5, 5.41) is -0.529. The van der Waals surface area contributed by atoms with Crippen molar-refractivity contribution in [3.8, 4) is 0 Å². The van der Waals surface area contributed by atoms with Crippen molar-refractivity contribution >= 4 is 18.4 Å². The van der Waals surface area contributed by atoms with Gasteiger partial charge in [-0.25, -0.2) is 19.0 Å². The minimum atomic E-state index is -0.847. The fraction of sp³-hybridized carbons (Fsp3) is 0.500. The van der Waals surface area contributed by atoms with E-state index in [0.717, 1.165) is 4.57 Å². The lowest BCUT2D eigenvalue weighted by molar-refractivity contribution is -0.116. The van der Waals surface area contributed by atoms with Crippen molar-refractivity contribution in [1.29, 1.82) is 0 Å². The first-order valence-corrected chi connectivity index (χ1v) is 5.05. The molecule has 1 rings (SSSR count). The van der Waals surface area contributed by atoms with Crippen LogP contribution in [0.2, 0.25) is 0 Å². The second kappa shape index (κ2) is 4.97. The van der Waals surface area contributed by atoms with Gasteiger partial charge in [0, 0.05) is 6.54 Å². The lowest BCUT2D eigenvalue weighted by Gasteiger charge is -2.06. The van der Waals surface area contributed by atoms with Gasteiger partial charge in [-0.05, 0) is 13.3 Å². The van der Waals surface area contributed by atoms with Gasteiger partial charge in [0.2, 0.25) is 0 Å². The number of rotatable bonds is 4. The van der Waals surface area contributed by atoms with E-state index >= 15 is 0 Å². The summed E-state index contributed by atoms with van der Waals surface area (Å²) in [6.07, 6.45) is 0.244. The number of aromatic amines is 2. The van der Waals surface area contributed by atoms with E-state index in [1.54, 1.807) is 0 Å². The molecule has 0 spiro atoms. The van der Waals surface area contributed by atoms with Crippen LogP contribution < -0.4 is 17.1 Å². The van der Waals surface area contributed by atoms with Crippen molar-refractivity contribution in [3.63, 3.8) is 0 Å². The molecule has 7 nitrogen and oxygen atoms in total. The molecule has 16 heavy (non-hydrogen) atoms. The van der Waals surface area contributed by atoms with Crippen LogP contribution in [0.1, 0.15) is 13.3 Å². The molecule has 0 radical (unpaired) electrons. The van der Waals surface area contributed by atoms with Crippen molar-refractivity contribution in [2.75, 3.05) is 0 Å². The fourth-order valence-corrected chi connectivity index (χ4v) is 1.23. The molecule has 1 atom stereocenters. The smallest absolute Gasteiger partial charge is 0.299 e. The summed E-state index contributed by atoms with van der Waals surface area (Å²) in [6, 6.07) is 0. The number of aromatic nitrogens is 3. The van der Waals surface area contributed by atoms with E-state index in [0.29, 0.717) is 0 Å². The zero-order valence-electron chi connectivity index (χ0n) is 8.52. The molecule has 0 fully saturated rings. The quantitative estimate of drug-likeness (QED) is 0.561. The minimum Gasteiger partial charge on any atom is -0.299 e. The van der Waals surface area contributed by atoms with Gasteiger partial charge in [0.05, 0.1) is 5.25 Å². The van der Waals surface area contributed by atoms with Crippen LogP contribution >= 0.6 is 12.6 Å². The summed E-state index contributed by atoms with van der Waals surface area (Å²) < 4.78 is 0.813. The third kappa shape index (κ3) is 2.96. The van der Waals surface area contributed by atoms with Gasteiger partial charge >= 0.3 is 17.1 Å². The summed E-state index contributed by atoms with van der Waals surface area (Å²) >= 11 is 3.99. The van der Waals surface area contributed by atoms with Gasteiger partial charge < -0.3 is 0 Å². The Morgan fingerprint density at radius 1 is 1.31 bits per heavy atom. The van der Waals surface area contributed by atoms with Crippen molar-refractivity contribution in [2.24, 2.45) is 0 Å². The lowest BCUT2D eigenvalue weighted by Crippen LogP contribution is -2.43. The molecule has 0 bridgehead atoms. The van der Waals surface area contributed by atoms with Crippen LogP contribution in [0.3, 0.4) is 0 Å². The van der Waals surface area contributed by atoms with Crippen molar-refractivity contribution < 1.29 is 4.79 Å². The molecular formula is C8H11N3O4S.